The first-order chi connectivity index (χ1) is 9.08. The maximum atomic E-state index is 11.8. The van der Waals surface area contributed by atoms with Gasteiger partial charge in [-0.3, -0.25) is 0 Å². The third-order valence-electron chi connectivity index (χ3n) is 3.15. The van der Waals surface area contributed by atoms with Crippen molar-refractivity contribution >= 4 is 22.6 Å². The average molecular weight is 259 g/mol. The molecule has 19 heavy (non-hydrogen) atoms. The number of para-hydroxylation sites is 1. The first-order valence-corrected chi connectivity index (χ1v) is 6.67. The molecule has 4 heteroatoms. The molecule has 0 fully saturated rings. The monoisotopic (exact) mass is 259 g/mol. The fraction of sp³-hybridized carbons (Fsp3) is 0.400. The second kappa shape index (κ2) is 5.78. The molecule has 0 aliphatic heterocycles. The number of nitrogens with zero attached hydrogens (tertiary/aromatic N) is 1. The van der Waals surface area contributed by atoms with Crippen molar-refractivity contribution in [2.75, 3.05) is 11.9 Å². The zero-order valence-electron chi connectivity index (χ0n) is 11.7. The molecule has 1 heterocycles. The molecule has 0 atom stereocenters. The maximum absolute atomic E-state index is 11.8. The van der Waals surface area contributed by atoms with Gasteiger partial charge < -0.3 is 15.2 Å². The molecule has 0 saturated carbocycles. The van der Waals surface area contributed by atoms with E-state index in [9.17, 15) is 4.79 Å². The van der Waals surface area contributed by atoms with Crippen LogP contribution < -0.4 is 10.6 Å². The Bertz CT molecular complexity index is 572. The number of urea groups is 1. The Kier molecular flexibility index (Phi) is 4.10. The van der Waals surface area contributed by atoms with Gasteiger partial charge in [0.05, 0.1) is 5.69 Å². The van der Waals surface area contributed by atoms with Crippen LogP contribution in [0.4, 0.5) is 10.5 Å². The van der Waals surface area contributed by atoms with Gasteiger partial charge in [-0.25, -0.2) is 4.79 Å². The standard InChI is InChI=1S/C15H21N3O/c1-11(2)8-9-16-15(19)17-13-10-18(3)14-7-5-4-6-12(13)14/h4-7,10-11H,8-9H2,1-3H3,(H2,16,17,19). The molecule has 2 rings (SSSR count). The molecule has 2 N–H and O–H groups in total. The van der Waals surface area contributed by atoms with Gasteiger partial charge in [-0.05, 0) is 18.4 Å². The molecule has 0 aliphatic carbocycles. The lowest BCUT2D eigenvalue weighted by Crippen LogP contribution is -2.30. The average Bonchev–Trinajstić information content (AvgIpc) is 2.66. The summed E-state index contributed by atoms with van der Waals surface area (Å²) >= 11 is 0. The summed E-state index contributed by atoms with van der Waals surface area (Å²) < 4.78 is 2.01. The van der Waals surface area contributed by atoms with Crippen LogP contribution in [0, 0.1) is 5.92 Å². The van der Waals surface area contributed by atoms with Gasteiger partial charge in [0.1, 0.15) is 0 Å². The number of rotatable bonds is 4. The van der Waals surface area contributed by atoms with Gasteiger partial charge in [0.15, 0.2) is 0 Å². The van der Waals surface area contributed by atoms with Crippen LogP contribution in [0.2, 0.25) is 0 Å². The fourth-order valence-electron chi connectivity index (χ4n) is 2.08. The summed E-state index contributed by atoms with van der Waals surface area (Å²) in [6, 6.07) is 7.88. The Balaban J connectivity index is 2.03. The number of amides is 2. The molecule has 1 aromatic heterocycles. The van der Waals surface area contributed by atoms with Gasteiger partial charge in [0, 0.05) is 30.7 Å². The number of aromatic nitrogens is 1. The summed E-state index contributed by atoms with van der Waals surface area (Å²) in [7, 11) is 1.98. The molecule has 4 nitrogen and oxygen atoms in total. The van der Waals surface area contributed by atoms with Crippen LogP contribution in [0.1, 0.15) is 20.3 Å². The van der Waals surface area contributed by atoms with E-state index < -0.39 is 0 Å². The van der Waals surface area contributed by atoms with Crippen molar-refractivity contribution in [2.24, 2.45) is 13.0 Å². The number of hydrogen-bond donors (Lipinski definition) is 2. The second-order valence-electron chi connectivity index (χ2n) is 5.23. The highest BCUT2D eigenvalue weighted by molar-refractivity contribution is 6.01. The molecule has 0 saturated heterocycles. The molecular weight excluding hydrogens is 238 g/mol. The molecule has 2 aromatic rings. The van der Waals surface area contributed by atoms with E-state index in [0.717, 1.165) is 23.0 Å². The lowest BCUT2D eigenvalue weighted by Gasteiger charge is -2.08. The SMILES string of the molecule is CC(C)CCNC(=O)Nc1cn(C)c2ccccc12. The number of benzene rings is 1. The number of nitrogens with one attached hydrogen (secondary N) is 2. The Hall–Kier alpha value is -1.97. The number of carbonyl (C=O) groups is 1. The molecule has 0 unspecified atom stereocenters. The van der Waals surface area contributed by atoms with Gasteiger partial charge >= 0.3 is 6.03 Å². The van der Waals surface area contributed by atoms with Crippen LogP contribution in [0.3, 0.4) is 0 Å². The predicted octanol–water partition coefficient (Wildman–Crippen LogP) is 3.35. The largest absolute Gasteiger partial charge is 0.348 e. The van der Waals surface area contributed by atoms with Gasteiger partial charge in [-0.15, -0.1) is 0 Å². The van der Waals surface area contributed by atoms with Crippen LogP contribution in [-0.4, -0.2) is 17.1 Å². The number of carbonyl (C=O) groups excluding carboxylic acids is 1. The third kappa shape index (κ3) is 3.28. The Labute approximate surface area is 113 Å². The maximum Gasteiger partial charge on any atom is 0.319 e. The summed E-state index contributed by atoms with van der Waals surface area (Å²) in [6.07, 6.45) is 2.93. The molecular formula is C15H21N3O. The normalized spacial score (nSPS) is 10.9. The van der Waals surface area contributed by atoms with Crippen LogP contribution in [0.5, 0.6) is 0 Å². The van der Waals surface area contributed by atoms with Gasteiger partial charge in [-0.2, -0.15) is 0 Å². The minimum Gasteiger partial charge on any atom is -0.348 e. The Morgan fingerprint density at radius 1 is 1.32 bits per heavy atom. The Morgan fingerprint density at radius 2 is 2.05 bits per heavy atom. The molecule has 0 radical (unpaired) electrons. The third-order valence-corrected chi connectivity index (χ3v) is 3.15. The van der Waals surface area contributed by atoms with E-state index in [1.54, 1.807) is 0 Å². The van der Waals surface area contributed by atoms with Crippen molar-refractivity contribution in [2.45, 2.75) is 20.3 Å². The van der Waals surface area contributed by atoms with E-state index in [1.807, 2.05) is 42.1 Å². The first kappa shape index (κ1) is 13.5. The van der Waals surface area contributed by atoms with Gasteiger partial charge in [0.25, 0.3) is 0 Å². The van der Waals surface area contributed by atoms with E-state index in [4.69, 9.17) is 0 Å². The van der Waals surface area contributed by atoms with Crippen molar-refractivity contribution in [1.82, 2.24) is 9.88 Å². The molecule has 0 bridgehead atoms. The lowest BCUT2D eigenvalue weighted by atomic mass is 10.1. The summed E-state index contributed by atoms with van der Waals surface area (Å²) in [6.45, 7) is 4.99. The Morgan fingerprint density at radius 3 is 2.79 bits per heavy atom. The zero-order valence-corrected chi connectivity index (χ0v) is 11.7. The number of fused-ring (bicyclic) bond motifs is 1. The van der Waals surface area contributed by atoms with Crippen LogP contribution >= 0.6 is 0 Å². The minimum atomic E-state index is -0.142. The van der Waals surface area contributed by atoms with Crippen molar-refractivity contribution in [1.29, 1.82) is 0 Å². The van der Waals surface area contributed by atoms with Crippen molar-refractivity contribution < 1.29 is 4.79 Å². The topological polar surface area (TPSA) is 46.1 Å². The van der Waals surface area contributed by atoms with E-state index >= 15 is 0 Å². The van der Waals surface area contributed by atoms with E-state index in [1.165, 1.54) is 0 Å². The van der Waals surface area contributed by atoms with Crippen LogP contribution in [0.25, 0.3) is 10.9 Å². The predicted molar refractivity (Wildman–Crippen MR) is 79.4 cm³/mol. The summed E-state index contributed by atoms with van der Waals surface area (Å²) in [5.41, 5.74) is 1.96. The van der Waals surface area contributed by atoms with Gasteiger partial charge in [-0.1, -0.05) is 32.0 Å². The smallest absolute Gasteiger partial charge is 0.319 e. The van der Waals surface area contributed by atoms with E-state index in [2.05, 4.69) is 24.5 Å². The molecule has 0 aliphatic rings. The zero-order chi connectivity index (χ0) is 13.8. The van der Waals surface area contributed by atoms with E-state index in [-0.39, 0.29) is 6.03 Å². The van der Waals surface area contributed by atoms with E-state index in [0.29, 0.717) is 12.5 Å². The molecule has 0 spiro atoms. The van der Waals surface area contributed by atoms with Crippen molar-refractivity contribution in [3.63, 3.8) is 0 Å². The summed E-state index contributed by atoms with van der Waals surface area (Å²) in [4.78, 5) is 11.8. The summed E-state index contributed by atoms with van der Waals surface area (Å²) in [5.74, 6) is 0.595. The van der Waals surface area contributed by atoms with Gasteiger partial charge in [0.2, 0.25) is 0 Å². The second-order valence-corrected chi connectivity index (χ2v) is 5.23. The lowest BCUT2D eigenvalue weighted by molar-refractivity contribution is 0.251. The highest BCUT2D eigenvalue weighted by Gasteiger charge is 2.08. The molecule has 2 amide bonds. The minimum absolute atomic E-state index is 0.142. The highest BCUT2D eigenvalue weighted by Crippen LogP contribution is 2.24. The van der Waals surface area contributed by atoms with Crippen molar-refractivity contribution in [3.8, 4) is 0 Å². The highest BCUT2D eigenvalue weighted by atomic mass is 16.2. The van der Waals surface area contributed by atoms with Crippen molar-refractivity contribution in [3.05, 3.63) is 30.5 Å². The molecule has 102 valence electrons. The first-order valence-electron chi connectivity index (χ1n) is 6.67. The van der Waals surface area contributed by atoms with Crippen LogP contribution in [-0.2, 0) is 7.05 Å². The number of anilines is 1. The van der Waals surface area contributed by atoms with Crippen LogP contribution in [0.15, 0.2) is 30.5 Å². The quantitative estimate of drug-likeness (QED) is 0.869. The number of aryl methyl sites for hydroxylation is 1. The fourth-order valence-corrected chi connectivity index (χ4v) is 2.08. The molecule has 1 aromatic carbocycles. The number of hydrogen-bond acceptors (Lipinski definition) is 1. The summed E-state index contributed by atoms with van der Waals surface area (Å²) in [5, 5.41) is 6.84.